The molecule has 0 aliphatic carbocycles. The van der Waals surface area contributed by atoms with Crippen LogP contribution in [0.15, 0.2) is 24.3 Å². The number of aliphatic hydroxyl groups is 1. The Labute approximate surface area is 128 Å². The maximum absolute atomic E-state index is 13.4. The van der Waals surface area contributed by atoms with Gasteiger partial charge in [0.1, 0.15) is 5.82 Å². The summed E-state index contributed by atoms with van der Waals surface area (Å²) >= 11 is 1.59. The van der Waals surface area contributed by atoms with Crippen molar-refractivity contribution in [2.24, 2.45) is 0 Å². The van der Waals surface area contributed by atoms with Gasteiger partial charge in [-0.1, -0.05) is 18.2 Å². The lowest BCUT2D eigenvalue weighted by molar-refractivity contribution is 0.157. The molecule has 1 aliphatic rings. The number of rotatable bonds is 6. The van der Waals surface area contributed by atoms with Crippen LogP contribution < -0.4 is 5.32 Å². The fourth-order valence-electron chi connectivity index (χ4n) is 2.42. The lowest BCUT2D eigenvalue weighted by atomic mass is 10.2. The first-order valence-corrected chi connectivity index (χ1v) is 8.34. The molecule has 21 heavy (non-hydrogen) atoms. The zero-order valence-corrected chi connectivity index (χ0v) is 12.7. The van der Waals surface area contributed by atoms with E-state index >= 15 is 0 Å². The van der Waals surface area contributed by atoms with Crippen molar-refractivity contribution in [2.45, 2.75) is 24.6 Å². The third kappa shape index (κ3) is 4.61. The molecule has 1 aromatic rings. The van der Waals surface area contributed by atoms with E-state index in [0.29, 0.717) is 24.4 Å². The van der Waals surface area contributed by atoms with E-state index in [-0.39, 0.29) is 24.5 Å². The van der Waals surface area contributed by atoms with Crippen molar-refractivity contribution in [3.05, 3.63) is 35.6 Å². The average Bonchev–Trinajstić information content (AvgIpc) is 2.97. The average molecular weight is 312 g/mol. The quantitative estimate of drug-likeness (QED) is 0.792. The van der Waals surface area contributed by atoms with Crippen LogP contribution in [0.5, 0.6) is 0 Å². The van der Waals surface area contributed by atoms with Crippen molar-refractivity contribution < 1.29 is 14.3 Å². The minimum Gasteiger partial charge on any atom is -0.394 e. The topological polar surface area (TPSA) is 52.6 Å². The van der Waals surface area contributed by atoms with E-state index in [1.165, 1.54) is 6.07 Å². The van der Waals surface area contributed by atoms with Gasteiger partial charge in [-0.2, -0.15) is 11.8 Å². The third-order valence-electron chi connectivity index (χ3n) is 3.59. The first-order chi connectivity index (χ1) is 10.2. The van der Waals surface area contributed by atoms with Gasteiger partial charge in [0.2, 0.25) is 0 Å². The second kappa shape index (κ2) is 8.24. The Morgan fingerprint density at radius 1 is 1.48 bits per heavy atom. The Bertz CT molecular complexity index is 473. The molecule has 1 unspecified atom stereocenters. The maximum Gasteiger partial charge on any atom is 0.317 e. The van der Waals surface area contributed by atoms with Gasteiger partial charge >= 0.3 is 6.03 Å². The van der Waals surface area contributed by atoms with E-state index in [4.69, 9.17) is 0 Å². The number of hydrogen-bond acceptors (Lipinski definition) is 3. The normalized spacial score (nSPS) is 18.0. The molecule has 4 nitrogen and oxygen atoms in total. The van der Waals surface area contributed by atoms with Crippen LogP contribution in [0.4, 0.5) is 9.18 Å². The molecular weight excluding hydrogens is 291 g/mol. The van der Waals surface area contributed by atoms with E-state index in [0.717, 1.165) is 18.6 Å². The van der Waals surface area contributed by atoms with Gasteiger partial charge in [-0.15, -0.1) is 0 Å². The molecule has 0 aromatic heterocycles. The monoisotopic (exact) mass is 312 g/mol. The van der Waals surface area contributed by atoms with Gasteiger partial charge in [0, 0.05) is 24.6 Å². The summed E-state index contributed by atoms with van der Waals surface area (Å²) in [5, 5.41) is 12.0. The number of likely N-dealkylation sites (tertiary alicyclic amines) is 1. The highest BCUT2D eigenvalue weighted by Gasteiger charge is 2.27. The molecule has 0 radical (unpaired) electrons. The Kier molecular flexibility index (Phi) is 6.32. The first kappa shape index (κ1) is 16.1. The van der Waals surface area contributed by atoms with Gasteiger partial charge in [0.15, 0.2) is 0 Å². The highest BCUT2D eigenvalue weighted by molar-refractivity contribution is 7.98. The van der Waals surface area contributed by atoms with Crippen molar-refractivity contribution in [3.8, 4) is 0 Å². The number of halogens is 1. The number of carbonyl (C=O) groups is 1. The van der Waals surface area contributed by atoms with E-state index in [2.05, 4.69) is 5.32 Å². The molecule has 0 saturated carbocycles. The lowest BCUT2D eigenvalue weighted by Gasteiger charge is -2.23. The predicted octanol–water partition coefficient (Wildman–Crippen LogP) is 2.23. The summed E-state index contributed by atoms with van der Waals surface area (Å²) in [5.41, 5.74) is 0.689. The highest BCUT2D eigenvalue weighted by Crippen LogP contribution is 2.17. The number of nitrogens with one attached hydrogen (secondary N) is 1. The Balaban J connectivity index is 1.64. The van der Waals surface area contributed by atoms with Crippen LogP contribution in [-0.2, 0) is 5.75 Å². The van der Waals surface area contributed by atoms with Crippen LogP contribution >= 0.6 is 11.8 Å². The van der Waals surface area contributed by atoms with E-state index in [9.17, 15) is 14.3 Å². The number of carbonyl (C=O) groups excluding carboxylic acids is 1. The smallest absolute Gasteiger partial charge is 0.317 e. The van der Waals surface area contributed by atoms with Crippen LogP contribution in [0.25, 0.3) is 0 Å². The van der Waals surface area contributed by atoms with Gasteiger partial charge in [-0.3, -0.25) is 0 Å². The van der Waals surface area contributed by atoms with Gasteiger partial charge < -0.3 is 15.3 Å². The molecule has 1 heterocycles. The van der Waals surface area contributed by atoms with Gasteiger partial charge in [0.05, 0.1) is 12.6 Å². The Hall–Kier alpha value is -1.27. The summed E-state index contributed by atoms with van der Waals surface area (Å²) in [6, 6.07) is 6.58. The first-order valence-electron chi connectivity index (χ1n) is 7.19. The van der Waals surface area contributed by atoms with Gasteiger partial charge in [-0.25, -0.2) is 9.18 Å². The van der Waals surface area contributed by atoms with Crippen LogP contribution in [0, 0.1) is 5.82 Å². The molecular formula is C15H21FN2O2S. The molecule has 1 aromatic carbocycles. The van der Waals surface area contributed by atoms with Crippen molar-refractivity contribution in [3.63, 3.8) is 0 Å². The van der Waals surface area contributed by atoms with Crippen molar-refractivity contribution in [2.75, 3.05) is 25.4 Å². The number of nitrogens with zero attached hydrogens (tertiary/aromatic N) is 1. The molecule has 2 amide bonds. The van der Waals surface area contributed by atoms with Gasteiger partial charge in [-0.05, 0) is 24.5 Å². The molecule has 2 N–H and O–H groups in total. The lowest BCUT2D eigenvalue weighted by Crippen LogP contribution is -2.44. The molecule has 1 fully saturated rings. The molecule has 1 atom stereocenters. The minimum atomic E-state index is -0.183. The largest absolute Gasteiger partial charge is 0.394 e. The number of aliphatic hydroxyl groups excluding tert-OH is 1. The SMILES string of the molecule is O=C(NCCSCc1ccccc1F)N1CCCC1CO. The second-order valence-corrected chi connectivity index (χ2v) is 6.15. The summed E-state index contributed by atoms with van der Waals surface area (Å²) < 4.78 is 13.4. The van der Waals surface area contributed by atoms with E-state index in [1.54, 1.807) is 28.8 Å². The number of hydrogen-bond donors (Lipinski definition) is 2. The fraction of sp³-hybridized carbons (Fsp3) is 0.533. The van der Waals surface area contributed by atoms with Crippen molar-refractivity contribution in [1.82, 2.24) is 10.2 Å². The molecule has 116 valence electrons. The molecule has 0 spiro atoms. The molecule has 6 heteroatoms. The van der Waals surface area contributed by atoms with Crippen molar-refractivity contribution in [1.29, 1.82) is 0 Å². The standard InChI is InChI=1S/C15H21FN2O2S/c16-14-6-2-1-4-12(14)11-21-9-7-17-15(20)18-8-3-5-13(18)10-19/h1-2,4,6,13,19H,3,5,7-11H2,(H,17,20). The van der Waals surface area contributed by atoms with Crippen LogP contribution in [0.3, 0.4) is 0 Å². The number of amides is 2. The molecule has 2 rings (SSSR count). The molecule has 1 aliphatic heterocycles. The Morgan fingerprint density at radius 3 is 3.05 bits per heavy atom. The maximum atomic E-state index is 13.4. The number of urea groups is 1. The molecule has 1 saturated heterocycles. The number of benzene rings is 1. The van der Waals surface area contributed by atoms with Crippen molar-refractivity contribution >= 4 is 17.8 Å². The fourth-order valence-corrected chi connectivity index (χ4v) is 3.27. The van der Waals surface area contributed by atoms with E-state index in [1.807, 2.05) is 6.07 Å². The van der Waals surface area contributed by atoms with Gasteiger partial charge in [0.25, 0.3) is 0 Å². The number of thioether (sulfide) groups is 1. The summed E-state index contributed by atoms with van der Waals surface area (Å²) in [5.74, 6) is 1.15. The van der Waals surface area contributed by atoms with Crippen LogP contribution in [-0.4, -0.2) is 47.5 Å². The third-order valence-corrected chi connectivity index (χ3v) is 4.59. The van der Waals surface area contributed by atoms with Crippen LogP contribution in [0.1, 0.15) is 18.4 Å². The van der Waals surface area contributed by atoms with E-state index < -0.39 is 0 Å². The summed E-state index contributed by atoms with van der Waals surface area (Å²) in [6.45, 7) is 1.28. The minimum absolute atomic E-state index is 0.0233. The summed E-state index contributed by atoms with van der Waals surface area (Å²) in [7, 11) is 0. The summed E-state index contributed by atoms with van der Waals surface area (Å²) in [4.78, 5) is 13.6. The Morgan fingerprint density at radius 2 is 2.29 bits per heavy atom. The molecule has 0 bridgehead atoms. The summed E-state index contributed by atoms with van der Waals surface area (Å²) in [6.07, 6.45) is 1.81. The zero-order valence-electron chi connectivity index (χ0n) is 11.9. The second-order valence-electron chi connectivity index (χ2n) is 5.05. The zero-order chi connectivity index (χ0) is 15.1. The predicted molar refractivity (Wildman–Crippen MR) is 82.8 cm³/mol. The van der Waals surface area contributed by atoms with Crippen LogP contribution in [0.2, 0.25) is 0 Å². The highest BCUT2D eigenvalue weighted by atomic mass is 32.2.